The Morgan fingerprint density at radius 2 is 1.90 bits per heavy atom. The zero-order chi connectivity index (χ0) is 13.9. The van der Waals surface area contributed by atoms with Crippen molar-refractivity contribution in [3.63, 3.8) is 0 Å². The van der Waals surface area contributed by atoms with Crippen LogP contribution in [0.3, 0.4) is 0 Å². The van der Waals surface area contributed by atoms with Crippen molar-refractivity contribution in [2.75, 3.05) is 11.9 Å². The summed E-state index contributed by atoms with van der Waals surface area (Å²) in [5.41, 5.74) is 1.74. The fraction of sp³-hybridized carbons (Fsp3) is 0.471. The summed E-state index contributed by atoms with van der Waals surface area (Å²) in [6.07, 6.45) is 3.97. The van der Waals surface area contributed by atoms with Crippen molar-refractivity contribution in [2.24, 2.45) is 17.8 Å². The molecule has 0 aliphatic heterocycles. The molecular weight excluding hydrogens is 250 g/mol. The number of rotatable bonds is 3. The van der Waals surface area contributed by atoms with E-state index in [4.69, 9.17) is 5.11 Å². The van der Waals surface area contributed by atoms with Gasteiger partial charge in [-0.2, -0.15) is 0 Å². The van der Waals surface area contributed by atoms with E-state index in [1.807, 2.05) is 24.3 Å². The molecule has 3 heteroatoms. The number of anilines is 1. The van der Waals surface area contributed by atoms with Crippen molar-refractivity contribution in [3.8, 4) is 11.8 Å². The van der Waals surface area contributed by atoms with Gasteiger partial charge in [-0.15, -0.1) is 0 Å². The van der Waals surface area contributed by atoms with Crippen molar-refractivity contribution in [1.82, 2.24) is 0 Å². The Labute approximate surface area is 119 Å². The second-order valence-electron chi connectivity index (χ2n) is 5.77. The number of hydrogen-bond donors (Lipinski definition) is 2. The normalized spacial score (nSPS) is 26.4. The minimum Gasteiger partial charge on any atom is -0.395 e. The van der Waals surface area contributed by atoms with Crippen LogP contribution in [0.4, 0.5) is 5.69 Å². The molecule has 2 saturated carbocycles. The number of carbonyl (C=O) groups is 1. The summed E-state index contributed by atoms with van der Waals surface area (Å²) >= 11 is 0. The van der Waals surface area contributed by atoms with Gasteiger partial charge in [-0.1, -0.05) is 11.8 Å². The third-order valence-electron chi connectivity index (χ3n) is 4.24. The fourth-order valence-corrected chi connectivity index (χ4v) is 3.03. The highest BCUT2D eigenvalue weighted by molar-refractivity contribution is 5.92. The van der Waals surface area contributed by atoms with Gasteiger partial charge < -0.3 is 10.4 Å². The monoisotopic (exact) mass is 269 g/mol. The van der Waals surface area contributed by atoms with Crippen LogP contribution >= 0.6 is 0 Å². The molecule has 0 spiro atoms. The molecule has 2 fully saturated rings. The first kappa shape index (κ1) is 13.2. The average molecular weight is 269 g/mol. The van der Waals surface area contributed by atoms with Gasteiger partial charge in [0.1, 0.15) is 0 Å². The Hall–Kier alpha value is -1.79. The fourth-order valence-electron chi connectivity index (χ4n) is 3.03. The number of aliphatic hydroxyl groups is 1. The molecule has 2 atom stereocenters. The van der Waals surface area contributed by atoms with Crippen molar-refractivity contribution in [1.29, 1.82) is 0 Å². The zero-order valence-corrected chi connectivity index (χ0v) is 11.4. The molecule has 2 unspecified atom stereocenters. The lowest BCUT2D eigenvalue weighted by atomic mass is 10.0. The van der Waals surface area contributed by atoms with Gasteiger partial charge in [0.15, 0.2) is 0 Å². The molecule has 0 aromatic heterocycles. The van der Waals surface area contributed by atoms with Gasteiger partial charge in [-0.05, 0) is 55.4 Å². The van der Waals surface area contributed by atoms with Crippen molar-refractivity contribution in [2.45, 2.75) is 25.7 Å². The summed E-state index contributed by atoms with van der Waals surface area (Å²) in [4.78, 5) is 12.1. The van der Waals surface area contributed by atoms with E-state index in [2.05, 4.69) is 17.2 Å². The average Bonchev–Trinajstić information content (AvgIpc) is 3.07. The minimum atomic E-state index is 0.0878. The van der Waals surface area contributed by atoms with Crippen LogP contribution in [-0.2, 0) is 4.79 Å². The maximum absolute atomic E-state index is 12.1. The van der Waals surface area contributed by atoms with E-state index >= 15 is 0 Å². The Morgan fingerprint density at radius 1 is 1.20 bits per heavy atom. The molecular formula is C17H19NO2. The summed E-state index contributed by atoms with van der Waals surface area (Å²) in [7, 11) is 0. The van der Waals surface area contributed by atoms with Crippen LogP contribution in [0.2, 0.25) is 0 Å². The summed E-state index contributed by atoms with van der Waals surface area (Å²) in [6.45, 7) is 0.0878. The van der Waals surface area contributed by atoms with Gasteiger partial charge in [0.2, 0.25) is 5.91 Å². The van der Waals surface area contributed by atoms with E-state index in [0.717, 1.165) is 35.9 Å². The lowest BCUT2D eigenvalue weighted by Gasteiger charge is -2.12. The molecule has 2 aliphatic rings. The standard InChI is InChI=1S/C17H19NO2/c19-8-2-1-3-12-4-6-16(7-5-12)18-17(20)15-10-13-9-14(13)11-15/h4-7,13-15,19H,2,8-11H2,(H,18,20). The van der Waals surface area contributed by atoms with Crippen molar-refractivity contribution >= 4 is 11.6 Å². The maximum Gasteiger partial charge on any atom is 0.227 e. The molecule has 1 aromatic rings. The maximum atomic E-state index is 12.1. The van der Waals surface area contributed by atoms with Gasteiger partial charge in [-0.25, -0.2) is 0 Å². The summed E-state index contributed by atoms with van der Waals surface area (Å²) in [5, 5.41) is 11.7. The lowest BCUT2D eigenvalue weighted by Crippen LogP contribution is -2.21. The second kappa shape index (κ2) is 5.68. The first-order valence-electron chi connectivity index (χ1n) is 7.27. The van der Waals surface area contributed by atoms with E-state index in [1.54, 1.807) is 0 Å². The van der Waals surface area contributed by atoms with Crippen LogP contribution in [-0.4, -0.2) is 17.6 Å². The Kier molecular flexibility index (Phi) is 3.75. The highest BCUT2D eigenvalue weighted by atomic mass is 16.2. The lowest BCUT2D eigenvalue weighted by molar-refractivity contribution is -0.120. The minimum absolute atomic E-state index is 0.0878. The largest absolute Gasteiger partial charge is 0.395 e. The molecule has 0 heterocycles. The van der Waals surface area contributed by atoms with Gasteiger partial charge in [0.25, 0.3) is 0 Å². The third-order valence-corrected chi connectivity index (χ3v) is 4.24. The van der Waals surface area contributed by atoms with Crippen LogP contribution in [0.25, 0.3) is 0 Å². The number of benzene rings is 1. The first-order chi connectivity index (χ1) is 9.76. The van der Waals surface area contributed by atoms with Gasteiger partial charge >= 0.3 is 0 Å². The number of aliphatic hydroxyl groups excluding tert-OH is 1. The number of amides is 1. The number of fused-ring (bicyclic) bond motifs is 1. The van der Waals surface area contributed by atoms with E-state index in [-0.39, 0.29) is 18.4 Å². The Balaban J connectivity index is 1.55. The van der Waals surface area contributed by atoms with Crippen molar-refractivity contribution < 1.29 is 9.90 Å². The molecule has 2 N–H and O–H groups in total. The summed E-state index contributed by atoms with van der Waals surface area (Å²) in [5.74, 6) is 7.88. The second-order valence-corrected chi connectivity index (χ2v) is 5.77. The molecule has 0 bridgehead atoms. The van der Waals surface area contributed by atoms with Crippen LogP contribution < -0.4 is 5.32 Å². The van der Waals surface area contributed by atoms with Gasteiger partial charge in [0, 0.05) is 23.6 Å². The van der Waals surface area contributed by atoms with Gasteiger partial charge in [-0.3, -0.25) is 4.79 Å². The molecule has 104 valence electrons. The molecule has 1 amide bonds. The Morgan fingerprint density at radius 3 is 2.55 bits per heavy atom. The first-order valence-corrected chi connectivity index (χ1v) is 7.27. The summed E-state index contributed by atoms with van der Waals surface area (Å²) in [6, 6.07) is 7.56. The molecule has 20 heavy (non-hydrogen) atoms. The predicted molar refractivity (Wildman–Crippen MR) is 78.0 cm³/mol. The SMILES string of the molecule is O=C(Nc1ccc(C#CCCO)cc1)C1CC2CC2C1. The summed E-state index contributed by atoms with van der Waals surface area (Å²) < 4.78 is 0. The Bertz CT molecular complexity index is 543. The molecule has 3 rings (SSSR count). The zero-order valence-electron chi connectivity index (χ0n) is 11.4. The van der Waals surface area contributed by atoms with E-state index in [9.17, 15) is 4.79 Å². The molecule has 0 saturated heterocycles. The highest BCUT2D eigenvalue weighted by Gasteiger charge is 2.47. The van der Waals surface area contributed by atoms with E-state index in [1.165, 1.54) is 6.42 Å². The van der Waals surface area contributed by atoms with Crippen molar-refractivity contribution in [3.05, 3.63) is 29.8 Å². The van der Waals surface area contributed by atoms with E-state index in [0.29, 0.717) is 6.42 Å². The molecule has 2 aliphatic carbocycles. The number of nitrogens with one attached hydrogen (secondary N) is 1. The van der Waals surface area contributed by atoms with Gasteiger partial charge in [0.05, 0.1) is 6.61 Å². The molecule has 0 radical (unpaired) electrons. The quantitative estimate of drug-likeness (QED) is 0.828. The highest BCUT2D eigenvalue weighted by Crippen LogP contribution is 2.54. The van der Waals surface area contributed by atoms with Crippen LogP contribution in [0, 0.1) is 29.6 Å². The third kappa shape index (κ3) is 3.02. The van der Waals surface area contributed by atoms with Crippen LogP contribution in [0.1, 0.15) is 31.2 Å². The number of hydrogen-bond acceptors (Lipinski definition) is 2. The van der Waals surface area contributed by atoms with Crippen LogP contribution in [0.5, 0.6) is 0 Å². The molecule has 3 nitrogen and oxygen atoms in total. The predicted octanol–water partition coefficient (Wildman–Crippen LogP) is 2.41. The van der Waals surface area contributed by atoms with E-state index < -0.39 is 0 Å². The van der Waals surface area contributed by atoms with Crippen LogP contribution in [0.15, 0.2) is 24.3 Å². The number of carbonyl (C=O) groups excluding carboxylic acids is 1. The molecule has 1 aromatic carbocycles. The topological polar surface area (TPSA) is 49.3 Å². The smallest absolute Gasteiger partial charge is 0.227 e.